The fourth-order valence-corrected chi connectivity index (χ4v) is 2.13. The molecule has 4 nitrogen and oxygen atoms in total. The molecule has 1 saturated heterocycles. The van der Waals surface area contributed by atoms with Crippen molar-refractivity contribution in [2.45, 2.75) is 26.2 Å². The first-order chi connectivity index (χ1) is 7.83. The summed E-state index contributed by atoms with van der Waals surface area (Å²) in [5, 5.41) is 8.90. The highest BCUT2D eigenvalue weighted by Gasteiger charge is 2.23. The van der Waals surface area contributed by atoms with E-state index in [-0.39, 0.29) is 6.61 Å². The largest absolute Gasteiger partial charge is 0.396 e. The molecule has 0 amide bonds. The van der Waals surface area contributed by atoms with E-state index in [1.165, 1.54) is 5.56 Å². The first-order valence-electron chi connectivity index (χ1n) is 6.00. The van der Waals surface area contributed by atoms with Gasteiger partial charge in [-0.3, -0.25) is 0 Å². The van der Waals surface area contributed by atoms with E-state index in [1.54, 1.807) is 0 Å². The number of hydrogen-bond acceptors (Lipinski definition) is 4. The smallest absolute Gasteiger partial charge is 0.225 e. The number of aryl methyl sites for hydroxylation is 1. The van der Waals surface area contributed by atoms with E-state index >= 15 is 0 Å². The normalized spacial score (nSPS) is 20.4. The topological polar surface area (TPSA) is 49.2 Å². The summed E-state index contributed by atoms with van der Waals surface area (Å²) >= 11 is 0. The van der Waals surface area contributed by atoms with E-state index < -0.39 is 0 Å². The van der Waals surface area contributed by atoms with Gasteiger partial charge < -0.3 is 10.0 Å². The molecular weight excluding hydrogens is 202 g/mol. The fourth-order valence-electron chi connectivity index (χ4n) is 2.13. The van der Waals surface area contributed by atoms with Crippen LogP contribution in [0.2, 0.25) is 0 Å². The van der Waals surface area contributed by atoms with Crippen LogP contribution in [0.4, 0.5) is 5.95 Å². The second-order valence-electron chi connectivity index (χ2n) is 4.36. The van der Waals surface area contributed by atoms with Gasteiger partial charge in [-0.2, -0.15) is 0 Å². The zero-order chi connectivity index (χ0) is 11.4. The Balaban J connectivity index is 1.97. The average molecular weight is 221 g/mol. The summed E-state index contributed by atoms with van der Waals surface area (Å²) in [5.74, 6) is 1.43. The van der Waals surface area contributed by atoms with Crippen molar-refractivity contribution >= 4 is 5.95 Å². The van der Waals surface area contributed by atoms with Gasteiger partial charge in [0.1, 0.15) is 0 Å². The van der Waals surface area contributed by atoms with Crippen molar-refractivity contribution in [3.63, 3.8) is 0 Å². The van der Waals surface area contributed by atoms with Crippen molar-refractivity contribution in [1.82, 2.24) is 9.97 Å². The maximum atomic E-state index is 8.90. The van der Waals surface area contributed by atoms with Crippen molar-refractivity contribution in [3.05, 3.63) is 18.0 Å². The summed E-state index contributed by atoms with van der Waals surface area (Å²) in [4.78, 5) is 11.0. The van der Waals surface area contributed by atoms with Gasteiger partial charge in [0.2, 0.25) is 5.95 Å². The molecule has 0 saturated carbocycles. The molecule has 1 aromatic heterocycles. The molecule has 0 radical (unpaired) electrons. The van der Waals surface area contributed by atoms with Crippen LogP contribution < -0.4 is 4.90 Å². The molecule has 0 spiro atoms. The predicted octanol–water partition coefficient (Wildman–Crippen LogP) is 1.25. The Hall–Kier alpha value is -1.16. The molecule has 2 rings (SSSR count). The van der Waals surface area contributed by atoms with Gasteiger partial charge in [0.15, 0.2) is 0 Å². The monoisotopic (exact) mass is 221 g/mol. The standard InChI is InChI=1S/C12H19N3O/c1-2-10-7-13-12(14-8-10)15-5-3-11(9-15)4-6-16/h7-8,11,16H,2-6,9H2,1H3. The number of aliphatic hydroxyl groups is 1. The predicted molar refractivity (Wildman–Crippen MR) is 63.4 cm³/mol. The number of aromatic nitrogens is 2. The molecule has 0 bridgehead atoms. The van der Waals surface area contributed by atoms with Crippen molar-refractivity contribution < 1.29 is 5.11 Å². The second kappa shape index (κ2) is 5.25. The van der Waals surface area contributed by atoms with Crippen LogP contribution in [-0.4, -0.2) is 34.8 Å². The Kier molecular flexibility index (Phi) is 3.72. The third-order valence-corrected chi connectivity index (χ3v) is 3.21. The molecule has 1 fully saturated rings. The summed E-state index contributed by atoms with van der Waals surface area (Å²) in [6.45, 7) is 4.38. The molecule has 1 unspecified atom stereocenters. The molecule has 0 aliphatic carbocycles. The minimum Gasteiger partial charge on any atom is -0.396 e. The van der Waals surface area contributed by atoms with Crippen molar-refractivity contribution in [1.29, 1.82) is 0 Å². The van der Waals surface area contributed by atoms with Crippen LogP contribution in [0.1, 0.15) is 25.3 Å². The van der Waals surface area contributed by atoms with Crippen molar-refractivity contribution in [2.75, 3.05) is 24.6 Å². The molecule has 4 heteroatoms. The van der Waals surface area contributed by atoms with Crippen LogP contribution in [0.15, 0.2) is 12.4 Å². The van der Waals surface area contributed by atoms with E-state index in [4.69, 9.17) is 5.11 Å². The zero-order valence-corrected chi connectivity index (χ0v) is 9.76. The van der Waals surface area contributed by atoms with Crippen molar-refractivity contribution in [3.8, 4) is 0 Å². The quantitative estimate of drug-likeness (QED) is 0.831. The van der Waals surface area contributed by atoms with Gasteiger partial charge in [-0.15, -0.1) is 0 Å². The van der Waals surface area contributed by atoms with Gasteiger partial charge in [-0.1, -0.05) is 6.92 Å². The summed E-state index contributed by atoms with van der Waals surface area (Å²) in [6, 6.07) is 0. The Bertz CT molecular complexity index is 326. The first-order valence-corrected chi connectivity index (χ1v) is 6.00. The van der Waals surface area contributed by atoms with E-state index in [0.29, 0.717) is 5.92 Å². The van der Waals surface area contributed by atoms with E-state index in [2.05, 4.69) is 21.8 Å². The Morgan fingerprint density at radius 3 is 2.81 bits per heavy atom. The van der Waals surface area contributed by atoms with E-state index in [1.807, 2.05) is 12.4 Å². The maximum absolute atomic E-state index is 8.90. The lowest BCUT2D eigenvalue weighted by molar-refractivity contribution is 0.263. The SMILES string of the molecule is CCc1cnc(N2CCC(CCO)C2)nc1. The number of anilines is 1. The van der Waals surface area contributed by atoms with Gasteiger partial charge in [0.05, 0.1) is 0 Å². The molecular formula is C12H19N3O. The number of aliphatic hydroxyl groups excluding tert-OH is 1. The third kappa shape index (κ3) is 2.50. The van der Waals surface area contributed by atoms with Crippen LogP contribution in [0.5, 0.6) is 0 Å². The minimum atomic E-state index is 0.286. The minimum absolute atomic E-state index is 0.286. The molecule has 1 atom stereocenters. The lowest BCUT2D eigenvalue weighted by Crippen LogP contribution is -2.22. The Labute approximate surface area is 96.3 Å². The zero-order valence-electron chi connectivity index (χ0n) is 9.76. The number of rotatable bonds is 4. The van der Waals surface area contributed by atoms with Crippen molar-refractivity contribution in [2.24, 2.45) is 5.92 Å². The van der Waals surface area contributed by atoms with Gasteiger partial charge in [0.25, 0.3) is 0 Å². The van der Waals surface area contributed by atoms with Crippen LogP contribution in [0.25, 0.3) is 0 Å². The highest BCUT2D eigenvalue weighted by atomic mass is 16.3. The molecule has 16 heavy (non-hydrogen) atoms. The molecule has 2 heterocycles. The highest BCUT2D eigenvalue weighted by Crippen LogP contribution is 2.22. The lowest BCUT2D eigenvalue weighted by Gasteiger charge is -2.15. The van der Waals surface area contributed by atoms with Gasteiger partial charge in [-0.05, 0) is 30.7 Å². The average Bonchev–Trinajstić information content (AvgIpc) is 2.78. The Morgan fingerprint density at radius 2 is 2.19 bits per heavy atom. The van der Waals surface area contributed by atoms with E-state index in [0.717, 1.165) is 38.3 Å². The molecule has 1 aliphatic rings. The van der Waals surface area contributed by atoms with Crippen LogP contribution >= 0.6 is 0 Å². The number of hydrogen-bond donors (Lipinski definition) is 1. The molecule has 0 aromatic carbocycles. The molecule has 1 aromatic rings. The van der Waals surface area contributed by atoms with E-state index in [9.17, 15) is 0 Å². The summed E-state index contributed by atoms with van der Waals surface area (Å²) in [6.07, 6.45) is 6.82. The second-order valence-corrected chi connectivity index (χ2v) is 4.36. The molecule has 1 N–H and O–H groups in total. The maximum Gasteiger partial charge on any atom is 0.225 e. The van der Waals surface area contributed by atoms with Crippen LogP contribution in [0, 0.1) is 5.92 Å². The van der Waals surface area contributed by atoms with Gasteiger partial charge in [0, 0.05) is 32.1 Å². The van der Waals surface area contributed by atoms with Crippen LogP contribution in [-0.2, 0) is 6.42 Å². The third-order valence-electron chi connectivity index (χ3n) is 3.21. The summed E-state index contributed by atoms with van der Waals surface area (Å²) < 4.78 is 0. The van der Waals surface area contributed by atoms with Gasteiger partial charge >= 0.3 is 0 Å². The molecule has 1 aliphatic heterocycles. The first kappa shape index (κ1) is 11.3. The Morgan fingerprint density at radius 1 is 1.44 bits per heavy atom. The van der Waals surface area contributed by atoms with Gasteiger partial charge in [-0.25, -0.2) is 9.97 Å². The molecule has 88 valence electrons. The highest BCUT2D eigenvalue weighted by molar-refractivity contribution is 5.31. The fraction of sp³-hybridized carbons (Fsp3) is 0.667. The van der Waals surface area contributed by atoms with Crippen LogP contribution in [0.3, 0.4) is 0 Å². The summed E-state index contributed by atoms with van der Waals surface area (Å²) in [7, 11) is 0. The lowest BCUT2D eigenvalue weighted by atomic mass is 10.1. The number of nitrogens with zero attached hydrogens (tertiary/aromatic N) is 3. The summed E-state index contributed by atoms with van der Waals surface area (Å²) in [5.41, 5.74) is 1.18.